The SMILES string of the molecule is CN1CC[C@H](c2c(OC(=O)NC[C@@H]3CCC[C@H](N)C3)cc(O)c3c(=O)cc(-c4ccccc4Cl)oc23)[C@H](O)C1. The number of halogens is 1. The van der Waals surface area contributed by atoms with Crippen molar-refractivity contribution in [2.24, 2.45) is 11.7 Å². The molecule has 10 heteroatoms. The third-order valence-electron chi connectivity index (χ3n) is 7.84. The minimum absolute atomic E-state index is 0.0332. The van der Waals surface area contributed by atoms with E-state index in [1.54, 1.807) is 24.3 Å². The number of ether oxygens (including phenoxy) is 1. The maximum atomic E-state index is 13.2. The Morgan fingerprint density at radius 1 is 1.26 bits per heavy atom. The van der Waals surface area contributed by atoms with Crippen LogP contribution in [0, 0.1) is 5.92 Å². The van der Waals surface area contributed by atoms with Crippen LogP contribution in [-0.4, -0.2) is 60.0 Å². The molecule has 1 saturated carbocycles. The highest BCUT2D eigenvalue weighted by atomic mass is 35.5. The molecule has 208 valence electrons. The Balaban J connectivity index is 1.57. The second kappa shape index (κ2) is 11.6. The van der Waals surface area contributed by atoms with Gasteiger partial charge < -0.3 is 35.3 Å². The molecule has 5 N–H and O–H groups in total. The molecule has 2 aromatic carbocycles. The summed E-state index contributed by atoms with van der Waals surface area (Å²) in [6.07, 6.45) is 2.83. The molecule has 4 atom stereocenters. The number of nitrogens with one attached hydrogen (secondary N) is 1. The number of rotatable bonds is 5. The molecule has 2 fully saturated rings. The average molecular weight is 556 g/mol. The fraction of sp³-hybridized carbons (Fsp3) is 0.448. The van der Waals surface area contributed by atoms with Crippen LogP contribution in [0.1, 0.15) is 43.6 Å². The summed E-state index contributed by atoms with van der Waals surface area (Å²) >= 11 is 6.39. The Bertz CT molecular complexity index is 1430. The number of likely N-dealkylation sites (N-methyl/N-ethyl adjacent to an activating group) is 1. The maximum absolute atomic E-state index is 13.2. The van der Waals surface area contributed by atoms with Crippen LogP contribution in [0.3, 0.4) is 0 Å². The zero-order valence-corrected chi connectivity index (χ0v) is 22.6. The molecular weight excluding hydrogens is 522 g/mol. The molecule has 5 rings (SSSR count). The molecule has 3 aromatic rings. The van der Waals surface area contributed by atoms with Crippen molar-refractivity contribution in [2.75, 3.05) is 26.7 Å². The number of nitrogens with zero attached hydrogens (tertiary/aromatic N) is 1. The van der Waals surface area contributed by atoms with Gasteiger partial charge in [-0.3, -0.25) is 4.79 Å². The fourth-order valence-corrected chi connectivity index (χ4v) is 6.08. The molecule has 39 heavy (non-hydrogen) atoms. The zero-order chi connectivity index (χ0) is 27.7. The standard InChI is InChI=1S/C29H34ClN3O6/c1-33-10-9-19(23(36)15-33)26-25(39-29(37)32-14-16-5-4-6-17(31)11-16)13-22(35)27-21(34)12-24(38-28(26)27)18-7-2-3-8-20(18)30/h2-3,7-8,12-13,16-17,19,23,35-36H,4-6,9-11,14-15,31H2,1H3,(H,32,37)/t16-,17+,19+,23-/m1/s1. The molecule has 2 heterocycles. The monoisotopic (exact) mass is 555 g/mol. The lowest BCUT2D eigenvalue weighted by Crippen LogP contribution is -2.41. The number of aliphatic hydroxyl groups is 1. The Hall–Kier alpha value is -3.11. The summed E-state index contributed by atoms with van der Waals surface area (Å²) in [6, 6.07) is 9.61. The summed E-state index contributed by atoms with van der Waals surface area (Å²) in [4.78, 5) is 28.2. The summed E-state index contributed by atoms with van der Waals surface area (Å²) < 4.78 is 12.0. The number of β-amino-alcohol motifs (C(OH)–C–C–N with tert-alkyl or cyclic N) is 1. The van der Waals surface area contributed by atoms with E-state index >= 15 is 0 Å². The number of phenols is 1. The first-order chi connectivity index (χ1) is 18.7. The number of hydrogen-bond donors (Lipinski definition) is 4. The van der Waals surface area contributed by atoms with Gasteiger partial charge >= 0.3 is 6.09 Å². The lowest BCUT2D eigenvalue weighted by Gasteiger charge is -2.34. The van der Waals surface area contributed by atoms with Crippen LogP contribution in [0.5, 0.6) is 11.5 Å². The number of nitrogens with two attached hydrogens (primary N) is 1. The van der Waals surface area contributed by atoms with Crippen molar-refractivity contribution in [1.82, 2.24) is 10.2 Å². The van der Waals surface area contributed by atoms with Crippen LogP contribution in [-0.2, 0) is 0 Å². The van der Waals surface area contributed by atoms with E-state index in [1.807, 2.05) is 11.9 Å². The van der Waals surface area contributed by atoms with Gasteiger partial charge in [0.2, 0.25) is 0 Å². The van der Waals surface area contributed by atoms with Crippen molar-refractivity contribution < 1.29 is 24.2 Å². The van der Waals surface area contributed by atoms with Gasteiger partial charge in [0.1, 0.15) is 28.2 Å². The summed E-state index contributed by atoms with van der Waals surface area (Å²) in [5, 5.41) is 25.1. The minimum atomic E-state index is -0.820. The number of likely N-dealkylation sites (tertiary alicyclic amines) is 1. The van der Waals surface area contributed by atoms with E-state index in [0.717, 1.165) is 25.7 Å². The number of carbonyl (C=O) groups is 1. The Morgan fingerprint density at radius 2 is 2.05 bits per heavy atom. The average Bonchev–Trinajstić information content (AvgIpc) is 2.88. The maximum Gasteiger partial charge on any atom is 0.412 e. The highest BCUT2D eigenvalue weighted by Crippen LogP contribution is 2.43. The number of hydrogen-bond acceptors (Lipinski definition) is 8. The Morgan fingerprint density at radius 3 is 2.79 bits per heavy atom. The van der Waals surface area contributed by atoms with Crippen LogP contribution >= 0.6 is 11.6 Å². The zero-order valence-electron chi connectivity index (χ0n) is 21.9. The summed E-state index contributed by atoms with van der Waals surface area (Å²) in [5.74, 6) is -0.384. The van der Waals surface area contributed by atoms with Crippen molar-refractivity contribution in [3.63, 3.8) is 0 Å². The lowest BCUT2D eigenvalue weighted by atomic mass is 9.85. The summed E-state index contributed by atoms with van der Waals surface area (Å²) in [5.41, 5.74) is 6.54. The second-order valence-electron chi connectivity index (χ2n) is 10.8. The van der Waals surface area contributed by atoms with Gasteiger partial charge in [-0.15, -0.1) is 0 Å². The molecule has 1 aliphatic carbocycles. The smallest absolute Gasteiger partial charge is 0.412 e. The fourth-order valence-electron chi connectivity index (χ4n) is 5.85. The molecule has 9 nitrogen and oxygen atoms in total. The van der Waals surface area contributed by atoms with Gasteiger partial charge in [0.05, 0.1) is 11.1 Å². The van der Waals surface area contributed by atoms with Gasteiger partial charge in [-0.05, 0) is 57.3 Å². The Labute approximate surface area is 231 Å². The molecule has 1 aromatic heterocycles. The predicted octanol–water partition coefficient (Wildman–Crippen LogP) is 4.20. The largest absolute Gasteiger partial charge is 0.507 e. The van der Waals surface area contributed by atoms with Crippen LogP contribution in [0.4, 0.5) is 4.79 Å². The van der Waals surface area contributed by atoms with Crippen LogP contribution in [0.15, 0.2) is 45.6 Å². The van der Waals surface area contributed by atoms with Crippen LogP contribution in [0.2, 0.25) is 5.02 Å². The first-order valence-corrected chi connectivity index (χ1v) is 13.8. The molecule has 0 spiro atoms. The number of phenolic OH excluding ortho intramolecular Hbond substituents is 1. The summed E-state index contributed by atoms with van der Waals surface area (Å²) in [6.45, 7) is 1.48. The number of carbonyl (C=O) groups excluding carboxylic acids is 1. The number of aromatic hydroxyl groups is 1. The number of aliphatic hydroxyl groups excluding tert-OH is 1. The van der Waals surface area contributed by atoms with E-state index in [9.17, 15) is 19.8 Å². The van der Waals surface area contributed by atoms with Crippen molar-refractivity contribution >= 4 is 28.7 Å². The van der Waals surface area contributed by atoms with Gasteiger partial charge in [0.15, 0.2) is 5.43 Å². The highest BCUT2D eigenvalue weighted by Gasteiger charge is 2.34. The molecule has 1 aliphatic heterocycles. The number of amides is 1. The minimum Gasteiger partial charge on any atom is -0.507 e. The second-order valence-corrected chi connectivity index (χ2v) is 11.2. The lowest BCUT2D eigenvalue weighted by molar-refractivity contribution is 0.0630. The normalized spacial score (nSPS) is 24.0. The van der Waals surface area contributed by atoms with Crippen LogP contribution < -0.4 is 21.2 Å². The van der Waals surface area contributed by atoms with Crippen LogP contribution in [0.25, 0.3) is 22.3 Å². The van der Waals surface area contributed by atoms with E-state index in [0.29, 0.717) is 42.2 Å². The van der Waals surface area contributed by atoms with Gasteiger partial charge in [0.25, 0.3) is 0 Å². The van der Waals surface area contributed by atoms with Crippen molar-refractivity contribution in [3.05, 3.63) is 57.2 Å². The molecule has 1 amide bonds. The molecule has 2 aliphatic rings. The van der Waals surface area contributed by atoms with Gasteiger partial charge in [-0.2, -0.15) is 0 Å². The van der Waals surface area contributed by atoms with Gasteiger partial charge in [0, 0.05) is 48.3 Å². The molecule has 1 saturated heterocycles. The van der Waals surface area contributed by atoms with Crippen molar-refractivity contribution in [3.8, 4) is 22.8 Å². The number of fused-ring (bicyclic) bond motifs is 1. The van der Waals surface area contributed by atoms with Crippen molar-refractivity contribution in [2.45, 2.75) is 50.2 Å². The summed E-state index contributed by atoms with van der Waals surface area (Å²) in [7, 11) is 1.91. The molecule has 0 radical (unpaired) electrons. The third-order valence-corrected chi connectivity index (χ3v) is 8.17. The van der Waals surface area contributed by atoms with E-state index in [1.165, 1.54) is 12.1 Å². The Kier molecular flexibility index (Phi) is 8.13. The molecular formula is C29H34ClN3O6. The topological polar surface area (TPSA) is 138 Å². The van der Waals surface area contributed by atoms with E-state index in [2.05, 4.69) is 5.32 Å². The quantitative estimate of drug-likeness (QED) is 0.367. The highest BCUT2D eigenvalue weighted by molar-refractivity contribution is 6.33. The van der Waals surface area contributed by atoms with Gasteiger partial charge in [-0.1, -0.05) is 30.2 Å². The van der Waals surface area contributed by atoms with E-state index < -0.39 is 23.5 Å². The number of benzene rings is 2. The van der Waals surface area contributed by atoms with E-state index in [4.69, 9.17) is 26.5 Å². The first-order valence-electron chi connectivity index (χ1n) is 13.4. The first kappa shape index (κ1) is 27.5. The molecule has 0 bridgehead atoms. The number of piperidine rings is 1. The third kappa shape index (κ3) is 5.91. The predicted molar refractivity (Wildman–Crippen MR) is 149 cm³/mol. The molecule has 0 unspecified atom stereocenters. The van der Waals surface area contributed by atoms with E-state index in [-0.39, 0.29) is 40.2 Å². The van der Waals surface area contributed by atoms with Crippen molar-refractivity contribution in [1.29, 1.82) is 0 Å². The van der Waals surface area contributed by atoms with Gasteiger partial charge in [-0.25, -0.2) is 4.79 Å².